The van der Waals surface area contributed by atoms with Crippen molar-refractivity contribution >= 4 is 10.0 Å². The zero-order chi connectivity index (χ0) is 10.3. The van der Waals surface area contributed by atoms with Crippen molar-refractivity contribution in [1.82, 2.24) is 4.31 Å². The number of sulfonamides is 1. The van der Waals surface area contributed by atoms with Crippen molar-refractivity contribution in [3.05, 3.63) is 0 Å². The van der Waals surface area contributed by atoms with Crippen LogP contribution >= 0.6 is 0 Å². The first-order chi connectivity index (χ1) is 5.75. The zero-order valence-electron chi connectivity index (χ0n) is 8.32. The number of hydrogen-bond acceptors (Lipinski definition) is 3. The molecule has 5 heteroatoms. The largest absolute Gasteiger partial charge is 0.392 e. The van der Waals surface area contributed by atoms with Crippen LogP contribution in [0, 0.1) is 0 Å². The fourth-order valence-electron chi connectivity index (χ4n) is 1.32. The maximum Gasteiger partial charge on any atom is 0.219 e. The average Bonchev–Trinajstić information content (AvgIpc) is 2.33. The van der Waals surface area contributed by atoms with Crippen molar-refractivity contribution in [1.29, 1.82) is 0 Å². The summed E-state index contributed by atoms with van der Waals surface area (Å²) in [7, 11) is -3.24. The molecule has 1 N–H and O–H groups in total. The molecule has 1 fully saturated rings. The molecule has 0 radical (unpaired) electrons. The minimum atomic E-state index is -3.24. The molecule has 1 heterocycles. The average molecular weight is 207 g/mol. The molecule has 1 unspecified atom stereocenters. The highest BCUT2D eigenvalue weighted by Crippen LogP contribution is 2.24. The highest BCUT2D eigenvalue weighted by atomic mass is 32.2. The summed E-state index contributed by atoms with van der Waals surface area (Å²) >= 11 is 0. The van der Waals surface area contributed by atoms with E-state index < -0.39 is 20.9 Å². The number of aliphatic hydroxyl groups is 1. The van der Waals surface area contributed by atoms with Crippen LogP contribution in [0.2, 0.25) is 0 Å². The van der Waals surface area contributed by atoms with E-state index in [-0.39, 0.29) is 6.54 Å². The standard InChI is InChI=1S/C8H17NO3S/c1-8(2,3)13(11,12)9-5-4-7(10)6-9/h7,10H,4-6H2,1-3H3. The molecular weight excluding hydrogens is 190 g/mol. The summed E-state index contributed by atoms with van der Waals surface area (Å²) in [6, 6.07) is 0. The van der Waals surface area contributed by atoms with E-state index in [1.165, 1.54) is 4.31 Å². The molecule has 0 aromatic heterocycles. The van der Waals surface area contributed by atoms with E-state index >= 15 is 0 Å². The van der Waals surface area contributed by atoms with E-state index in [4.69, 9.17) is 0 Å². The Morgan fingerprint density at radius 3 is 2.23 bits per heavy atom. The highest BCUT2D eigenvalue weighted by Gasteiger charge is 2.38. The lowest BCUT2D eigenvalue weighted by Gasteiger charge is -2.26. The first-order valence-corrected chi connectivity index (χ1v) is 5.87. The second-order valence-corrected chi connectivity index (χ2v) is 7.11. The monoisotopic (exact) mass is 207 g/mol. The first kappa shape index (κ1) is 10.9. The van der Waals surface area contributed by atoms with Crippen LogP contribution in [-0.2, 0) is 10.0 Å². The van der Waals surface area contributed by atoms with E-state index in [9.17, 15) is 13.5 Å². The number of hydrogen-bond donors (Lipinski definition) is 1. The van der Waals surface area contributed by atoms with Gasteiger partial charge in [0.25, 0.3) is 0 Å². The lowest BCUT2D eigenvalue weighted by atomic mass is 10.3. The van der Waals surface area contributed by atoms with Gasteiger partial charge in [-0.1, -0.05) is 0 Å². The van der Waals surface area contributed by atoms with E-state index in [0.717, 1.165) is 0 Å². The van der Waals surface area contributed by atoms with E-state index in [1.807, 2.05) is 0 Å². The summed E-state index contributed by atoms with van der Waals surface area (Å²) < 4.78 is 24.2. The van der Waals surface area contributed by atoms with Gasteiger partial charge in [0.05, 0.1) is 10.9 Å². The highest BCUT2D eigenvalue weighted by molar-refractivity contribution is 7.90. The van der Waals surface area contributed by atoms with Gasteiger partial charge in [0.15, 0.2) is 0 Å². The third kappa shape index (κ3) is 2.03. The van der Waals surface area contributed by atoms with E-state index in [1.54, 1.807) is 20.8 Å². The van der Waals surface area contributed by atoms with Gasteiger partial charge in [-0.3, -0.25) is 0 Å². The van der Waals surface area contributed by atoms with Crippen molar-refractivity contribution in [3.8, 4) is 0 Å². The molecule has 1 aliphatic heterocycles. The van der Waals surface area contributed by atoms with Crippen LogP contribution in [0.4, 0.5) is 0 Å². The van der Waals surface area contributed by atoms with Crippen molar-refractivity contribution in [2.45, 2.75) is 38.0 Å². The molecule has 4 nitrogen and oxygen atoms in total. The van der Waals surface area contributed by atoms with Gasteiger partial charge in [0.2, 0.25) is 10.0 Å². The maximum absolute atomic E-state index is 11.8. The van der Waals surface area contributed by atoms with Crippen molar-refractivity contribution in [2.24, 2.45) is 0 Å². The van der Waals surface area contributed by atoms with Crippen LogP contribution in [-0.4, -0.2) is 41.8 Å². The van der Waals surface area contributed by atoms with Crippen LogP contribution in [0.25, 0.3) is 0 Å². The van der Waals surface area contributed by atoms with Gasteiger partial charge in [-0.2, -0.15) is 4.31 Å². The molecule has 1 atom stereocenters. The van der Waals surface area contributed by atoms with Gasteiger partial charge in [0, 0.05) is 13.1 Å². The molecule has 78 valence electrons. The summed E-state index contributed by atoms with van der Waals surface area (Å²) in [5.74, 6) is 0. The Labute approximate surface area is 79.6 Å². The van der Waals surface area contributed by atoms with Crippen LogP contribution < -0.4 is 0 Å². The normalized spacial score (nSPS) is 26.6. The molecular formula is C8H17NO3S. The molecule has 1 aliphatic rings. The van der Waals surface area contributed by atoms with Crippen LogP contribution in [0.1, 0.15) is 27.2 Å². The molecule has 0 aromatic rings. The fraction of sp³-hybridized carbons (Fsp3) is 1.00. The predicted octanol–water partition coefficient (Wildman–Crippen LogP) is 0.181. The lowest BCUT2D eigenvalue weighted by molar-refractivity contribution is 0.189. The fourth-order valence-corrected chi connectivity index (χ4v) is 2.80. The Kier molecular flexibility index (Phi) is 2.71. The Hall–Kier alpha value is -0.130. The lowest BCUT2D eigenvalue weighted by Crippen LogP contribution is -2.42. The van der Waals surface area contributed by atoms with Crippen molar-refractivity contribution < 1.29 is 13.5 Å². The molecule has 1 rings (SSSR count). The summed E-state index contributed by atoms with van der Waals surface area (Å²) in [5.41, 5.74) is 0. The summed E-state index contributed by atoms with van der Waals surface area (Å²) in [6.07, 6.45) is 0.0621. The SMILES string of the molecule is CC(C)(C)S(=O)(=O)N1CCC(O)C1. The minimum absolute atomic E-state index is 0.250. The number of aliphatic hydroxyl groups excluding tert-OH is 1. The quantitative estimate of drug-likeness (QED) is 0.667. The Balaban J connectivity index is 2.84. The van der Waals surface area contributed by atoms with Crippen molar-refractivity contribution in [2.75, 3.05) is 13.1 Å². The molecule has 1 saturated heterocycles. The van der Waals surface area contributed by atoms with Crippen LogP contribution in [0.5, 0.6) is 0 Å². The van der Waals surface area contributed by atoms with E-state index in [2.05, 4.69) is 0 Å². The Bertz CT molecular complexity index is 278. The molecule has 0 bridgehead atoms. The number of nitrogens with zero attached hydrogens (tertiary/aromatic N) is 1. The van der Waals surface area contributed by atoms with Gasteiger partial charge in [0.1, 0.15) is 0 Å². The third-order valence-corrected chi connectivity index (χ3v) is 4.80. The van der Waals surface area contributed by atoms with Gasteiger partial charge < -0.3 is 5.11 Å². The molecule has 0 saturated carbocycles. The minimum Gasteiger partial charge on any atom is -0.392 e. The summed E-state index contributed by atoms with van der Waals surface area (Å²) in [5, 5.41) is 9.22. The molecule has 0 amide bonds. The molecule has 0 aromatic carbocycles. The molecule has 0 aliphatic carbocycles. The number of β-amino-alcohol motifs (C(OH)–C–C–N with tert-alkyl or cyclic N) is 1. The smallest absolute Gasteiger partial charge is 0.219 e. The molecule has 13 heavy (non-hydrogen) atoms. The van der Waals surface area contributed by atoms with E-state index in [0.29, 0.717) is 13.0 Å². The third-order valence-electron chi connectivity index (χ3n) is 2.24. The Morgan fingerprint density at radius 2 is 1.92 bits per heavy atom. The van der Waals surface area contributed by atoms with Crippen molar-refractivity contribution in [3.63, 3.8) is 0 Å². The summed E-state index contributed by atoms with van der Waals surface area (Å²) in [4.78, 5) is 0. The Morgan fingerprint density at radius 1 is 1.38 bits per heavy atom. The van der Waals surface area contributed by atoms with Gasteiger partial charge in [-0.25, -0.2) is 8.42 Å². The molecule has 0 spiro atoms. The second kappa shape index (κ2) is 3.22. The summed E-state index contributed by atoms with van der Waals surface area (Å²) in [6.45, 7) is 5.72. The van der Waals surface area contributed by atoms with Gasteiger partial charge in [-0.05, 0) is 27.2 Å². The zero-order valence-corrected chi connectivity index (χ0v) is 9.13. The predicted molar refractivity (Wildman–Crippen MR) is 50.9 cm³/mol. The van der Waals surface area contributed by atoms with Crippen LogP contribution in [0.3, 0.4) is 0 Å². The van der Waals surface area contributed by atoms with Gasteiger partial charge in [-0.15, -0.1) is 0 Å². The maximum atomic E-state index is 11.8. The number of rotatable bonds is 1. The van der Waals surface area contributed by atoms with Crippen LogP contribution in [0.15, 0.2) is 0 Å². The first-order valence-electron chi connectivity index (χ1n) is 4.43. The topological polar surface area (TPSA) is 57.6 Å². The van der Waals surface area contributed by atoms with Gasteiger partial charge >= 0.3 is 0 Å². The second-order valence-electron chi connectivity index (χ2n) is 4.42.